The van der Waals surface area contributed by atoms with Crippen molar-refractivity contribution >= 4 is 18.1 Å². The van der Waals surface area contributed by atoms with Gasteiger partial charge in [0.15, 0.2) is 0 Å². The van der Waals surface area contributed by atoms with E-state index < -0.39 is 18.1 Å². The van der Waals surface area contributed by atoms with Crippen LogP contribution in [0.5, 0.6) is 0 Å². The van der Waals surface area contributed by atoms with E-state index in [-0.39, 0.29) is 24.6 Å². The average molecular weight is 220 g/mol. The van der Waals surface area contributed by atoms with E-state index in [2.05, 4.69) is 0 Å². The van der Waals surface area contributed by atoms with Gasteiger partial charge in [-0.1, -0.05) is 0 Å². The third-order valence-electron chi connectivity index (χ3n) is 0.167. The molecule has 0 aliphatic carbocycles. The predicted molar refractivity (Wildman–Crippen MR) is 39.3 cm³/mol. The van der Waals surface area contributed by atoms with Crippen LogP contribution in [0.2, 0.25) is 0 Å². The standard InChI is InChI=1S/C2H2O4.CH2O3.4H3N/c3-1(4)2(5)6;2-1(3)4;;;;/h(H,3,4)(H,5,6);(H2,2,3,4);4*1H3. The van der Waals surface area contributed by atoms with Gasteiger partial charge in [-0.3, -0.25) is 0 Å². The average Bonchev–Trinajstić information content (AvgIpc) is 1.63. The van der Waals surface area contributed by atoms with Crippen molar-refractivity contribution in [2.24, 2.45) is 0 Å². The van der Waals surface area contributed by atoms with E-state index in [1.165, 1.54) is 0 Å². The summed E-state index contributed by atoms with van der Waals surface area (Å²) in [6.07, 6.45) is -2.33. The van der Waals surface area contributed by atoms with Crippen LogP contribution in [0, 0.1) is 0 Å². The molecule has 0 saturated heterocycles. The maximum absolute atomic E-state index is 8.93. The van der Waals surface area contributed by atoms with E-state index >= 15 is 0 Å². The molecule has 0 aromatic carbocycles. The third-order valence-corrected chi connectivity index (χ3v) is 0.167. The zero-order valence-electron chi connectivity index (χ0n) is 8.36. The number of rotatable bonds is 0. The first-order valence-electron chi connectivity index (χ1n) is 1.68. The number of aliphatic carboxylic acids is 2. The van der Waals surface area contributed by atoms with E-state index in [4.69, 9.17) is 34.8 Å². The van der Waals surface area contributed by atoms with E-state index in [0.29, 0.717) is 0 Å². The van der Waals surface area contributed by atoms with Crippen LogP contribution in [0.3, 0.4) is 0 Å². The first-order valence-corrected chi connectivity index (χ1v) is 1.68. The monoisotopic (exact) mass is 220 g/mol. The minimum atomic E-state index is -2.33. The van der Waals surface area contributed by atoms with Crippen molar-refractivity contribution < 1.29 is 34.8 Å². The lowest BCUT2D eigenvalue weighted by molar-refractivity contribution is -0.415. The highest BCUT2D eigenvalue weighted by Gasteiger charge is 1.74. The number of hydrogen-bond donors (Lipinski definition) is 4. The predicted octanol–water partition coefficient (Wildman–Crippen LogP) is -4.46. The van der Waals surface area contributed by atoms with Crippen LogP contribution < -0.4 is 45.0 Å². The Morgan fingerprint density at radius 1 is 0.571 bits per heavy atom. The van der Waals surface area contributed by atoms with Crippen molar-refractivity contribution in [3.63, 3.8) is 0 Å². The van der Waals surface area contributed by atoms with Crippen molar-refractivity contribution in [1.29, 1.82) is 0 Å². The smallest absolute Gasteiger partial charge is 0.0870 e. The summed E-state index contributed by atoms with van der Waals surface area (Å²) in [7, 11) is 0. The molecule has 0 aromatic rings. The number of carboxylic acid groups (broad SMARTS) is 4. The number of carbonyl (C=O) groups excluding carboxylic acids is 3. The molecule has 90 valence electrons. The lowest BCUT2D eigenvalue weighted by Gasteiger charge is -1.97. The first kappa shape index (κ1) is 40.2. The summed E-state index contributed by atoms with van der Waals surface area (Å²) in [6, 6.07) is 0. The van der Waals surface area contributed by atoms with E-state index in [1.54, 1.807) is 0 Å². The Bertz CT molecular complexity index is 143. The van der Waals surface area contributed by atoms with Gasteiger partial charge in [-0.15, -0.1) is 0 Å². The van der Waals surface area contributed by atoms with Gasteiger partial charge in [0, 0.05) is 0 Å². The minimum absolute atomic E-state index is 0. The molecule has 0 saturated carbocycles. The van der Waals surface area contributed by atoms with Crippen LogP contribution in [0.1, 0.15) is 0 Å². The second-order valence-corrected chi connectivity index (χ2v) is 0.825. The van der Waals surface area contributed by atoms with E-state index in [1.807, 2.05) is 0 Å². The van der Waals surface area contributed by atoms with Gasteiger partial charge in [-0.2, -0.15) is 0 Å². The van der Waals surface area contributed by atoms with Crippen molar-refractivity contribution in [1.82, 2.24) is 24.6 Å². The van der Waals surface area contributed by atoms with Crippen LogP contribution in [0.25, 0.3) is 0 Å². The molecule has 0 spiro atoms. The lowest BCUT2D eigenvalue weighted by Crippen LogP contribution is -2.42. The molecule has 0 radical (unpaired) electrons. The summed E-state index contributed by atoms with van der Waals surface area (Å²) in [4.78, 5) is 26.2. The van der Waals surface area contributed by atoms with Crippen molar-refractivity contribution in [2.75, 3.05) is 0 Å². The van der Waals surface area contributed by atoms with Crippen LogP contribution in [0.4, 0.5) is 4.79 Å². The minimum Gasteiger partial charge on any atom is -0.652 e. The fourth-order valence-corrected chi connectivity index (χ4v) is 0. The Morgan fingerprint density at radius 2 is 0.643 bits per heavy atom. The summed E-state index contributed by atoms with van der Waals surface area (Å²) >= 11 is 0. The molecule has 0 bridgehead atoms. The number of hydrogen-bond acceptors (Lipinski definition) is 7. The largest absolute Gasteiger partial charge is 0.652 e. The molecule has 0 aliphatic heterocycles. The molecule has 0 amide bonds. The molecule has 0 heterocycles. The second-order valence-electron chi connectivity index (χ2n) is 0.825. The van der Waals surface area contributed by atoms with Crippen LogP contribution in [-0.4, -0.2) is 18.1 Å². The molecule has 0 aliphatic rings. The molecular formula is C3H16N4O7. The summed E-state index contributed by atoms with van der Waals surface area (Å²) in [5.74, 6) is -4.37. The van der Waals surface area contributed by atoms with Gasteiger partial charge < -0.3 is 59.4 Å². The quantitative estimate of drug-likeness (QED) is 0.289. The molecule has 0 fully saturated rings. The Morgan fingerprint density at radius 3 is 0.643 bits per heavy atom. The van der Waals surface area contributed by atoms with Gasteiger partial charge >= 0.3 is 0 Å². The first-order chi connectivity index (χ1) is 4.37. The SMILES string of the molecule is O=C([O-])C(=O)[O-].O=C([O-])[O-].[NH4+].[NH4+].[NH4+].[NH4+]. The van der Waals surface area contributed by atoms with Gasteiger partial charge in [0.25, 0.3) is 0 Å². The van der Waals surface area contributed by atoms with E-state index in [9.17, 15) is 0 Å². The number of carbonyl (C=O) groups is 3. The summed E-state index contributed by atoms with van der Waals surface area (Å²) < 4.78 is 0. The third kappa shape index (κ3) is 196. The van der Waals surface area contributed by atoms with Crippen LogP contribution >= 0.6 is 0 Å². The molecule has 16 N–H and O–H groups in total. The van der Waals surface area contributed by atoms with Crippen molar-refractivity contribution in [2.45, 2.75) is 0 Å². The Hall–Kier alpha value is -1.95. The van der Waals surface area contributed by atoms with Gasteiger partial charge in [0.2, 0.25) is 0 Å². The topological polar surface area (TPSA) is 289 Å². The summed E-state index contributed by atoms with van der Waals surface area (Å²) in [6.45, 7) is 0. The molecule has 0 atom stereocenters. The maximum Gasteiger partial charge on any atom is 0.0870 e. The van der Waals surface area contributed by atoms with Gasteiger partial charge in [0.05, 0.1) is 11.9 Å². The van der Waals surface area contributed by atoms with Gasteiger partial charge in [-0.05, 0) is 6.16 Å². The maximum atomic E-state index is 8.93. The Balaban J connectivity index is -0.0000000185. The van der Waals surface area contributed by atoms with Crippen LogP contribution in [-0.2, 0) is 9.59 Å². The number of quaternary nitrogens is 4. The zero-order valence-corrected chi connectivity index (χ0v) is 8.36. The molecular weight excluding hydrogens is 204 g/mol. The Kier molecular flexibility index (Phi) is 64.5. The molecule has 0 unspecified atom stereocenters. The molecule has 11 heteroatoms. The van der Waals surface area contributed by atoms with Crippen molar-refractivity contribution in [3.8, 4) is 0 Å². The van der Waals surface area contributed by atoms with Crippen LogP contribution in [0.15, 0.2) is 0 Å². The van der Waals surface area contributed by atoms with Gasteiger partial charge in [-0.25, -0.2) is 0 Å². The normalized spacial score (nSPS) is 4.86. The number of carboxylic acids is 2. The fourth-order valence-electron chi connectivity index (χ4n) is 0. The fraction of sp³-hybridized carbons (Fsp3) is 0. The Labute approximate surface area is 78.7 Å². The lowest BCUT2D eigenvalue weighted by atomic mass is 10.7. The van der Waals surface area contributed by atoms with Gasteiger partial charge in [0.1, 0.15) is 0 Å². The highest BCUT2D eigenvalue weighted by molar-refractivity contribution is 6.25. The molecule has 11 nitrogen and oxygen atoms in total. The highest BCUT2D eigenvalue weighted by Crippen LogP contribution is 1.41. The zero-order chi connectivity index (χ0) is 8.73. The highest BCUT2D eigenvalue weighted by atomic mass is 16.6. The molecule has 0 rings (SSSR count). The molecule has 14 heavy (non-hydrogen) atoms. The molecule has 0 aromatic heterocycles. The van der Waals surface area contributed by atoms with E-state index in [0.717, 1.165) is 0 Å². The summed E-state index contributed by atoms with van der Waals surface area (Å²) in [5, 5.41) is 34.5. The van der Waals surface area contributed by atoms with Crippen molar-refractivity contribution in [3.05, 3.63) is 0 Å². The summed E-state index contributed by atoms with van der Waals surface area (Å²) in [5.41, 5.74) is 0. The second kappa shape index (κ2) is 22.5.